The lowest BCUT2D eigenvalue weighted by molar-refractivity contribution is -0.141. The Kier molecular flexibility index (Phi) is 7.56. The third kappa shape index (κ3) is 6.13. The summed E-state index contributed by atoms with van der Waals surface area (Å²) in [7, 11) is 1.25. The van der Waals surface area contributed by atoms with Gasteiger partial charge in [0.1, 0.15) is 17.4 Å². The number of nitrogens with zero attached hydrogens (tertiary/aromatic N) is 5. The van der Waals surface area contributed by atoms with Gasteiger partial charge in [-0.15, -0.1) is 0 Å². The summed E-state index contributed by atoms with van der Waals surface area (Å²) in [6.45, 7) is 3.94. The third-order valence-electron chi connectivity index (χ3n) is 7.33. The van der Waals surface area contributed by atoms with Crippen molar-refractivity contribution in [1.29, 1.82) is 0 Å². The predicted molar refractivity (Wildman–Crippen MR) is 139 cm³/mol. The molecule has 3 aromatic heterocycles. The summed E-state index contributed by atoms with van der Waals surface area (Å²) in [6, 6.07) is 3.07. The monoisotopic (exact) mass is 559 g/mol. The molecule has 3 heterocycles. The molecule has 10 nitrogen and oxygen atoms in total. The highest BCUT2D eigenvalue weighted by molar-refractivity contribution is 6.00. The molecule has 2 aliphatic rings. The van der Waals surface area contributed by atoms with E-state index in [2.05, 4.69) is 25.8 Å². The lowest BCUT2D eigenvalue weighted by atomic mass is 9.88. The number of alkyl halides is 3. The Morgan fingerprint density at radius 2 is 1.80 bits per heavy atom. The van der Waals surface area contributed by atoms with Gasteiger partial charge in [0.25, 0.3) is 5.91 Å². The van der Waals surface area contributed by atoms with Gasteiger partial charge >= 0.3 is 6.18 Å². The molecule has 13 heteroatoms. The molecule has 0 bridgehead atoms. The molecule has 0 spiro atoms. The number of hydrogen-bond acceptors (Lipinski definition) is 6. The molecule has 1 unspecified atom stereocenters. The molecule has 0 saturated heterocycles. The average molecular weight is 560 g/mol. The zero-order valence-electron chi connectivity index (χ0n) is 22.5. The number of carbonyl (C=O) groups is 2. The molecule has 0 aromatic carbocycles. The standard InChI is InChI=1S/C27H32F3N7O3/c1-15(2)37-20(10-11-31-37)24(38)35-23(22(16-4-5-16)17-6-7-17)25(39)33-19-12-32-36(14-19)13-18-8-9-21(27(28,29)30)34-26(18)40-3/h8-12,14-17,22-23H,4-7,13H2,1-3H3,(H,33,39)(H,35,38). The lowest BCUT2D eigenvalue weighted by Gasteiger charge is -2.27. The molecular weight excluding hydrogens is 527 g/mol. The molecule has 2 aliphatic carbocycles. The van der Waals surface area contributed by atoms with Crippen molar-refractivity contribution in [1.82, 2.24) is 29.9 Å². The second-order valence-electron chi connectivity index (χ2n) is 10.7. The van der Waals surface area contributed by atoms with E-state index < -0.39 is 17.9 Å². The minimum atomic E-state index is -4.59. The van der Waals surface area contributed by atoms with E-state index in [1.807, 2.05) is 13.8 Å². The fourth-order valence-electron chi connectivity index (χ4n) is 5.18. The quantitative estimate of drug-likeness (QED) is 0.362. The van der Waals surface area contributed by atoms with Crippen LogP contribution in [0.4, 0.5) is 18.9 Å². The van der Waals surface area contributed by atoms with E-state index in [9.17, 15) is 22.8 Å². The summed E-state index contributed by atoms with van der Waals surface area (Å²) in [5.41, 5.74) is 0.142. The number of halogens is 3. The van der Waals surface area contributed by atoms with E-state index in [1.54, 1.807) is 23.1 Å². The number of hydrogen-bond donors (Lipinski definition) is 2. The van der Waals surface area contributed by atoms with Crippen molar-refractivity contribution < 1.29 is 27.5 Å². The maximum Gasteiger partial charge on any atom is 0.433 e. The van der Waals surface area contributed by atoms with Crippen molar-refractivity contribution in [2.75, 3.05) is 12.4 Å². The van der Waals surface area contributed by atoms with Gasteiger partial charge in [-0.05, 0) is 75.5 Å². The number of nitrogens with one attached hydrogen (secondary N) is 2. The SMILES string of the molecule is COc1nc(C(F)(F)F)ccc1Cn1cc(NC(=O)C(NC(=O)c2ccnn2C(C)C)C(C2CC2)C2CC2)cn1. The first-order chi connectivity index (χ1) is 19.0. The van der Waals surface area contributed by atoms with E-state index in [-0.39, 0.29) is 36.2 Å². The van der Waals surface area contributed by atoms with Crippen LogP contribution in [-0.2, 0) is 17.5 Å². The Morgan fingerprint density at radius 1 is 1.10 bits per heavy atom. The zero-order chi connectivity index (χ0) is 28.6. The van der Waals surface area contributed by atoms with Crippen LogP contribution in [0, 0.1) is 17.8 Å². The fourth-order valence-corrected chi connectivity index (χ4v) is 5.18. The van der Waals surface area contributed by atoms with Crippen molar-refractivity contribution >= 4 is 17.5 Å². The van der Waals surface area contributed by atoms with Gasteiger partial charge < -0.3 is 15.4 Å². The second kappa shape index (κ2) is 10.9. The fraction of sp³-hybridized carbons (Fsp3) is 0.519. The minimum Gasteiger partial charge on any atom is -0.481 e. The molecule has 2 amide bonds. The van der Waals surface area contributed by atoms with E-state index in [0.29, 0.717) is 28.8 Å². The van der Waals surface area contributed by atoms with Gasteiger partial charge in [-0.2, -0.15) is 23.4 Å². The van der Waals surface area contributed by atoms with Crippen LogP contribution in [0.15, 0.2) is 36.8 Å². The van der Waals surface area contributed by atoms with Gasteiger partial charge in [-0.25, -0.2) is 4.98 Å². The highest BCUT2D eigenvalue weighted by Gasteiger charge is 2.48. The minimum absolute atomic E-state index is 0.0185. The van der Waals surface area contributed by atoms with Crippen LogP contribution in [-0.4, -0.2) is 49.5 Å². The Bertz CT molecular complexity index is 1360. The number of rotatable bonds is 11. The van der Waals surface area contributed by atoms with Crippen LogP contribution in [0.2, 0.25) is 0 Å². The summed E-state index contributed by atoms with van der Waals surface area (Å²) in [6.07, 6.45) is 4.14. The zero-order valence-corrected chi connectivity index (χ0v) is 22.5. The smallest absolute Gasteiger partial charge is 0.433 e. The van der Waals surface area contributed by atoms with Crippen molar-refractivity contribution in [3.8, 4) is 5.88 Å². The van der Waals surface area contributed by atoms with E-state index in [0.717, 1.165) is 31.7 Å². The summed E-state index contributed by atoms with van der Waals surface area (Å²) in [5, 5.41) is 14.4. The number of anilines is 1. The molecule has 214 valence electrons. The number of aromatic nitrogens is 5. The highest BCUT2D eigenvalue weighted by atomic mass is 19.4. The Hall–Kier alpha value is -3.90. The molecule has 2 saturated carbocycles. The molecule has 3 aromatic rings. The van der Waals surface area contributed by atoms with Gasteiger partial charge in [-0.1, -0.05) is 0 Å². The van der Waals surface area contributed by atoms with Gasteiger partial charge in [0.2, 0.25) is 11.8 Å². The number of ether oxygens (including phenoxy) is 1. The summed E-state index contributed by atoms with van der Waals surface area (Å²) >= 11 is 0. The van der Waals surface area contributed by atoms with Gasteiger partial charge in [0, 0.05) is 24.0 Å². The first-order valence-electron chi connectivity index (χ1n) is 13.3. The van der Waals surface area contributed by atoms with Crippen molar-refractivity contribution in [3.63, 3.8) is 0 Å². The van der Waals surface area contributed by atoms with E-state index >= 15 is 0 Å². The first-order valence-corrected chi connectivity index (χ1v) is 13.3. The summed E-state index contributed by atoms with van der Waals surface area (Å²) in [4.78, 5) is 30.5. The van der Waals surface area contributed by atoms with Crippen molar-refractivity contribution in [3.05, 3.63) is 53.7 Å². The predicted octanol–water partition coefficient (Wildman–Crippen LogP) is 4.30. The molecule has 5 rings (SSSR count). The van der Waals surface area contributed by atoms with E-state index in [1.165, 1.54) is 24.1 Å². The topological polar surface area (TPSA) is 116 Å². The van der Waals surface area contributed by atoms with E-state index in [4.69, 9.17) is 4.74 Å². The summed E-state index contributed by atoms with van der Waals surface area (Å²) < 4.78 is 47.2. The summed E-state index contributed by atoms with van der Waals surface area (Å²) in [5.74, 6) is -0.0221. The molecule has 1 atom stereocenters. The van der Waals surface area contributed by atoms with Crippen LogP contribution in [0.1, 0.15) is 67.3 Å². The number of methoxy groups -OCH3 is 1. The molecule has 2 N–H and O–H groups in total. The number of amides is 2. The lowest BCUT2D eigenvalue weighted by Crippen LogP contribution is -2.50. The van der Waals surface area contributed by atoms with Gasteiger partial charge in [0.05, 0.1) is 25.5 Å². The maximum atomic E-state index is 13.6. The van der Waals surface area contributed by atoms with Gasteiger partial charge in [0.15, 0.2) is 0 Å². The highest BCUT2D eigenvalue weighted by Crippen LogP contribution is 2.51. The van der Waals surface area contributed by atoms with Crippen LogP contribution < -0.4 is 15.4 Å². The van der Waals surface area contributed by atoms with Gasteiger partial charge in [-0.3, -0.25) is 19.0 Å². The Balaban J connectivity index is 1.32. The maximum absolute atomic E-state index is 13.6. The number of carbonyl (C=O) groups excluding carboxylic acids is 2. The number of pyridine rings is 1. The second-order valence-corrected chi connectivity index (χ2v) is 10.7. The first kappa shape index (κ1) is 27.7. The largest absolute Gasteiger partial charge is 0.481 e. The molecule has 40 heavy (non-hydrogen) atoms. The molecule has 0 radical (unpaired) electrons. The molecular formula is C27H32F3N7O3. The average Bonchev–Trinajstić information content (AvgIpc) is 3.83. The normalized spacial score (nSPS) is 16.3. The Morgan fingerprint density at radius 3 is 2.40 bits per heavy atom. The molecule has 2 fully saturated rings. The Labute approximate surface area is 229 Å². The van der Waals surface area contributed by atoms with Crippen LogP contribution in [0.5, 0.6) is 5.88 Å². The molecule has 0 aliphatic heterocycles. The van der Waals surface area contributed by atoms with Crippen LogP contribution >= 0.6 is 0 Å². The van der Waals surface area contributed by atoms with Crippen molar-refractivity contribution in [2.24, 2.45) is 17.8 Å². The third-order valence-corrected chi connectivity index (χ3v) is 7.33. The van der Waals surface area contributed by atoms with Crippen LogP contribution in [0.3, 0.4) is 0 Å². The van der Waals surface area contributed by atoms with Crippen LogP contribution in [0.25, 0.3) is 0 Å². The van der Waals surface area contributed by atoms with Crippen molar-refractivity contribution in [2.45, 2.75) is 64.3 Å².